The van der Waals surface area contributed by atoms with Crippen molar-refractivity contribution in [1.29, 1.82) is 0 Å². The Morgan fingerprint density at radius 3 is 2.43 bits per heavy atom. The minimum Gasteiger partial charge on any atom is -0.355 e. The summed E-state index contributed by atoms with van der Waals surface area (Å²) in [5.41, 5.74) is 2.48. The average Bonchev–Trinajstić information content (AvgIpc) is 2.50. The normalized spacial score (nSPS) is 11.9. The smallest absolute Gasteiger partial charge is 0.233 e. The maximum Gasteiger partial charge on any atom is 0.233 e. The van der Waals surface area contributed by atoms with Gasteiger partial charge in [0.05, 0.1) is 5.25 Å². The van der Waals surface area contributed by atoms with Crippen LogP contribution in [0.3, 0.4) is 0 Å². The fourth-order valence-electron chi connectivity index (χ4n) is 1.99. The van der Waals surface area contributed by atoms with E-state index in [0.717, 1.165) is 11.3 Å². The van der Waals surface area contributed by atoms with Crippen molar-refractivity contribution >= 4 is 17.7 Å². The lowest BCUT2D eigenvalue weighted by atomic mass is 10.1. The summed E-state index contributed by atoms with van der Waals surface area (Å²) in [6.45, 7) is 4.69. The number of aryl methyl sites for hydroxylation is 1. The number of rotatable bonds is 6. The molecule has 1 N–H and O–H groups in total. The third-order valence-electron chi connectivity index (χ3n) is 3.26. The van der Waals surface area contributed by atoms with Gasteiger partial charge in [0.25, 0.3) is 0 Å². The van der Waals surface area contributed by atoms with Crippen LogP contribution >= 0.6 is 11.8 Å². The molecule has 2 rings (SSSR count). The summed E-state index contributed by atoms with van der Waals surface area (Å²) in [4.78, 5) is 13.2. The van der Waals surface area contributed by atoms with Gasteiger partial charge in [-0.2, -0.15) is 0 Å². The SMILES string of the molecule is Cc1ccc(S[C@@H](C)C(=O)NCCc2ccccc2)cc1. The topological polar surface area (TPSA) is 29.1 Å². The van der Waals surface area contributed by atoms with E-state index in [9.17, 15) is 4.79 Å². The first-order chi connectivity index (χ1) is 10.1. The highest BCUT2D eigenvalue weighted by Gasteiger charge is 2.13. The van der Waals surface area contributed by atoms with Crippen LogP contribution in [-0.4, -0.2) is 17.7 Å². The van der Waals surface area contributed by atoms with E-state index in [1.54, 1.807) is 11.8 Å². The molecule has 110 valence electrons. The Balaban J connectivity index is 1.76. The molecule has 0 heterocycles. The lowest BCUT2D eigenvalue weighted by Gasteiger charge is -2.12. The first-order valence-electron chi connectivity index (χ1n) is 7.20. The number of nitrogens with one attached hydrogen (secondary N) is 1. The summed E-state index contributed by atoms with van der Waals surface area (Å²) in [5, 5.41) is 2.92. The van der Waals surface area contributed by atoms with E-state index in [4.69, 9.17) is 0 Å². The minimum atomic E-state index is -0.0801. The number of amides is 1. The van der Waals surface area contributed by atoms with Gasteiger partial charge in [-0.05, 0) is 38.0 Å². The fraction of sp³-hybridized carbons (Fsp3) is 0.278. The molecule has 2 aromatic carbocycles. The molecule has 0 aliphatic carbocycles. The molecule has 0 fully saturated rings. The number of benzene rings is 2. The van der Waals surface area contributed by atoms with Gasteiger partial charge in [0, 0.05) is 11.4 Å². The predicted molar refractivity (Wildman–Crippen MR) is 89.7 cm³/mol. The summed E-state index contributed by atoms with van der Waals surface area (Å²) in [6, 6.07) is 18.5. The van der Waals surface area contributed by atoms with E-state index < -0.39 is 0 Å². The van der Waals surface area contributed by atoms with Crippen molar-refractivity contribution in [3.63, 3.8) is 0 Å². The van der Waals surface area contributed by atoms with Crippen molar-refractivity contribution in [2.45, 2.75) is 30.4 Å². The Morgan fingerprint density at radius 1 is 1.10 bits per heavy atom. The number of carbonyl (C=O) groups is 1. The standard InChI is InChI=1S/C18H21NOS/c1-14-8-10-17(11-9-14)21-15(2)18(20)19-13-12-16-6-4-3-5-7-16/h3-11,15H,12-13H2,1-2H3,(H,19,20)/t15-/m0/s1. The van der Waals surface area contributed by atoms with Crippen molar-refractivity contribution < 1.29 is 4.79 Å². The third kappa shape index (κ3) is 5.27. The third-order valence-corrected chi connectivity index (χ3v) is 4.37. The van der Waals surface area contributed by atoms with E-state index in [1.165, 1.54) is 11.1 Å². The molecule has 0 bridgehead atoms. The molecule has 0 saturated heterocycles. The molecule has 0 saturated carbocycles. The Labute approximate surface area is 131 Å². The van der Waals surface area contributed by atoms with Crippen LogP contribution in [0.1, 0.15) is 18.1 Å². The minimum absolute atomic E-state index is 0.0801. The molecule has 2 aromatic rings. The van der Waals surface area contributed by atoms with Crippen molar-refractivity contribution in [3.05, 3.63) is 65.7 Å². The van der Waals surface area contributed by atoms with Crippen molar-refractivity contribution in [3.8, 4) is 0 Å². The van der Waals surface area contributed by atoms with Crippen LogP contribution in [0.2, 0.25) is 0 Å². The van der Waals surface area contributed by atoms with Crippen LogP contribution in [0.15, 0.2) is 59.5 Å². The van der Waals surface area contributed by atoms with E-state index in [1.807, 2.05) is 25.1 Å². The van der Waals surface area contributed by atoms with E-state index in [-0.39, 0.29) is 11.2 Å². The first kappa shape index (κ1) is 15.6. The molecular weight excluding hydrogens is 278 g/mol. The molecule has 0 spiro atoms. The summed E-state index contributed by atoms with van der Waals surface area (Å²) in [5.74, 6) is 0.0940. The van der Waals surface area contributed by atoms with Crippen LogP contribution in [0.5, 0.6) is 0 Å². The lowest BCUT2D eigenvalue weighted by Crippen LogP contribution is -2.32. The van der Waals surface area contributed by atoms with Crippen LogP contribution < -0.4 is 5.32 Å². The number of carbonyl (C=O) groups excluding carboxylic acids is 1. The van der Waals surface area contributed by atoms with E-state index in [2.05, 4.69) is 48.6 Å². The highest BCUT2D eigenvalue weighted by atomic mass is 32.2. The van der Waals surface area contributed by atoms with Gasteiger partial charge >= 0.3 is 0 Å². The maximum absolute atomic E-state index is 12.1. The molecule has 21 heavy (non-hydrogen) atoms. The predicted octanol–water partition coefficient (Wildman–Crippen LogP) is 3.83. The van der Waals surface area contributed by atoms with Gasteiger partial charge in [0.2, 0.25) is 5.91 Å². The van der Waals surface area contributed by atoms with Gasteiger partial charge in [-0.25, -0.2) is 0 Å². The zero-order valence-electron chi connectivity index (χ0n) is 12.5. The van der Waals surface area contributed by atoms with Crippen LogP contribution in [0.4, 0.5) is 0 Å². The van der Waals surface area contributed by atoms with Gasteiger partial charge in [0.15, 0.2) is 0 Å². The lowest BCUT2D eigenvalue weighted by molar-refractivity contribution is -0.120. The molecule has 1 atom stereocenters. The van der Waals surface area contributed by atoms with Crippen LogP contribution in [0, 0.1) is 6.92 Å². The zero-order valence-corrected chi connectivity index (χ0v) is 13.3. The maximum atomic E-state index is 12.1. The number of thioether (sulfide) groups is 1. The average molecular weight is 299 g/mol. The monoisotopic (exact) mass is 299 g/mol. The van der Waals surface area contributed by atoms with Crippen molar-refractivity contribution in [2.24, 2.45) is 0 Å². The number of hydrogen-bond acceptors (Lipinski definition) is 2. The van der Waals surface area contributed by atoms with Gasteiger partial charge in [-0.1, -0.05) is 48.0 Å². The fourth-order valence-corrected chi connectivity index (χ4v) is 2.88. The van der Waals surface area contributed by atoms with Crippen molar-refractivity contribution in [2.75, 3.05) is 6.54 Å². The number of hydrogen-bond donors (Lipinski definition) is 1. The Morgan fingerprint density at radius 2 is 1.76 bits per heavy atom. The molecule has 0 aliphatic rings. The highest BCUT2D eigenvalue weighted by Crippen LogP contribution is 2.23. The molecular formula is C18H21NOS. The zero-order chi connectivity index (χ0) is 15.1. The summed E-state index contributed by atoms with van der Waals surface area (Å²) in [6.07, 6.45) is 0.870. The summed E-state index contributed by atoms with van der Waals surface area (Å²) >= 11 is 1.59. The molecule has 0 radical (unpaired) electrons. The molecule has 1 amide bonds. The largest absolute Gasteiger partial charge is 0.355 e. The molecule has 0 aliphatic heterocycles. The van der Waals surface area contributed by atoms with E-state index in [0.29, 0.717) is 6.54 Å². The van der Waals surface area contributed by atoms with Gasteiger partial charge in [-0.3, -0.25) is 4.79 Å². The second-order valence-electron chi connectivity index (χ2n) is 5.10. The summed E-state index contributed by atoms with van der Waals surface area (Å²) < 4.78 is 0. The molecule has 0 aromatic heterocycles. The molecule has 3 heteroatoms. The van der Waals surface area contributed by atoms with Crippen LogP contribution in [0.25, 0.3) is 0 Å². The second-order valence-corrected chi connectivity index (χ2v) is 6.51. The van der Waals surface area contributed by atoms with Crippen molar-refractivity contribution in [1.82, 2.24) is 5.32 Å². The van der Waals surface area contributed by atoms with Gasteiger partial charge in [0.1, 0.15) is 0 Å². The Kier molecular flexibility index (Phi) is 5.88. The molecule has 0 unspecified atom stereocenters. The Hall–Kier alpha value is -1.74. The second kappa shape index (κ2) is 7.89. The summed E-state index contributed by atoms with van der Waals surface area (Å²) in [7, 11) is 0. The van der Waals surface area contributed by atoms with Gasteiger partial charge in [-0.15, -0.1) is 11.8 Å². The van der Waals surface area contributed by atoms with Gasteiger partial charge < -0.3 is 5.32 Å². The first-order valence-corrected chi connectivity index (χ1v) is 8.08. The quantitative estimate of drug-likeness (QED) is 0.821. The molecule has 2 nitrogen and oxygen atoms in total. The highest BCUT2D eigenvalue weighted by molar-refractivity contribution is 8.00. The Bertz CT molecular complexity index is 566. The van der Waals surface area contributed by atoms with E-state index >= 15 is 0 Å². The van der Waals surface area contributed by atoms with Crippen LogP contribution in [-0.2, 0) is 11.2 Å².